The molecule has 0 atom stereocenters. The first-order chi connectivity index (χ1) is 11.7. The number of amides is 1. The number of carbonyl (C=O) groups is 1. The van der Waals surface area contributed by atoms with Crippen LogP contribution in [0.3, 0.4) is 0 Å². The first kappa shape index (κ1) is 20.6. The van der Waals surface area contributed by atoms with E-state index >= 15 is 0 Å². The molecule has 0 aromatic heterocycles. The van der Waals surface area contributed by atoms with Crippen molar-refractivity contribution in [2.45, 2.75) is 6.54 Å². The molecule has 136 valence electrons. The van der Waals surface area contributed by atoms with E-state index in [1.54, 1.807) is 44.6 Å². The second kappa shape index (κ2) is 10.4. The van der Waals surface area contributed by atoms with Crippen LogP contribution in [0, 0.1) is 0 Å². The second-order valence-corrected chi connectivity index (χ2v) is 5.05. The number of nitrogens with one attached hydrogen (secondary N) is 1. The quantitative estimate of drug-likeness (QED) is 0.701. The zero-order chi connectivity index (χ0) is 17.4. The predicted molar refractivity (Wildman–Crippen MR) is 99.0 cm³/mol. The highest BCUT2D eigenvalue weighted by molar-refractivity contribution is 5.94. The molecular weight excluding hydrogens is 344 g/mol. The molecule has 0 spiro atoms. The van der Waals surface area contributed by atoms with E-state index in [1.807, 2.05) is 12.1 Å². The summed E-state index contributed by atoms with van der Waals surface area (Å²) in [7, 11) is 3.16. The summed E-state index contributed by atoms with van der Waals surface area (Å²) < 4.78 is 16.0. The van der Waals surface area contributed by atoms with Gasteiger partial charge >= 0.3 is 0 Å². The molecule has 0 aliphatic heterocycles. The number of methoxy groups -OCH3 is 2. The van der Waals surface area contributed by atoms with Gasteiger partial charge in [0.15, 0.2) is 0 Å². The van der Waals surface area contributed by atoms with Crippen LogP contribution in [0.25, 0.3) is 0 Å². The highest BCUT2D eigenvalue weighted by Gasteiger charge is 2.06. The van der Waals surface area contributed by atoms with Crippen molar-refractivity contribution in [3.05, 3.63) is 53.6 Å². The van der Waals surface area contributed by atoms with Crippen molar-refractivity contribution in [3.63, 3.8) is 0 Å². The molecule has 0 saturated heterocycles. The van der Waals surface area contributed by atoms with Crippen LogP contribution in [0.2, 0.25) is 0 Å². The minimum atomic E-state index is -0.148. The third kappa shape index (κ3) is 6.17. The van der Waals surface area contributed by atoms with Crippen LogP contribution in [0.15, 0.2) is 42.5 Å². The molecular formula is C18H23ClN2O4. The van der Waals surface area contributed by atoms with Crippen LogP contribution in [0.4, 0.5) is 0 Å². The van der Waals surface area contributed by atoms with Gasteiger partial charge in [0.05, 0.1) is 20.8 Å². The second-order valence-electron chi connectivity index (χ2n) is 5.05. The standard InChI is InChI=1S/C18H22N2O4.ClH/c1-22-15-9-16(23-2)11-17(10-15)24-8-7-20-18(21)14-5-3-13(12-19)4-6-14;/h3-6,9-11H,7-8,12,19H2,1-2H3,(H,20,21);1H. The Morgan fingerprint density at radius 1 is 1.00 bits per heavy atom. The monoisotopic (exact) mass is 366 g/mol. The Kier molecular flexibility index (Phi) is 8.60. The van der Waals surface area contributed by atoms with Crippen LogP contribution in [-0.4, -0.2) is 33.3 Å². The van der Waals surface area contributed by atoms with Crippen LogP contribution >= 0.6 is 12.4 Å². The molecule has 0 unspecified atom stereocenters. The Hall–Kier alpha value is -2.44. The molecule has 25 heavy (non-hydrogen) atoms. The third-order valence-electron chi connectivity index (χ3n) is 3.43. The van der Waals surface area contributed by atoms with Crippen molar-refractivity contribution >= 4 is 18.3 Å². The maximum Gasteiger partial charge on any atom is 0.251 e. The Balaban J connectivity index is 0.00000312. The Morgan fingerprint density at radius 2 is 1.56 bits per heavy atom. The van der Waals surface area contributed by atoms with Crippen molar-refractivity contribution in [1.82, 2.24) is 5.32 Å². The number of ether oxygens (including phenoxy) is 3. The molecule has 0 aliphatic carbocycles. The average Bonchev–Trinajstić information content (AvgIpc) is 2.64. The van der Waals surface area contributed by atoms with E-state index in [-0.39, 0.29) is 18.3 Å². The first-order valence-electron chi connectivity index (χ1n) is 7.59. The molecule has 0 fully saturated rings. The Bertz CT molecular complexity index is 655. The molecule has 0 radical (unpaired) electrons. The number of rotatable bonds is 8. The summed E-state index contributed by atoms with van der Waals surface area (Å²) in [6, 6.07) is 12.5. The van der Waals surface area contributed by atoms with Crippen molar-refractivity contribution in [2.75, 3.05) is 27.4 Å². The van der Waals surface area contributed by atoms with Crippen molar-refractivity contribution < 1.29 is 19.0 Å². The molecule has 0 saturated carbocycles. The lowest BCUT2D eigenvalue weighted by atomic mass is 10.1. The molecule has 0 heterocycles. The summed E-state index contributed by atoms with van der Waals surface area (Å²) in [6.07, 6.45) is 0. The van der Waals surface area contributed by atoms with Gasteiger partial charge in [-0.1, -0.05) is 12.1 Å². The van der Waals surface area contributed by atoms with Crippen LogP contribution in [-0.2, 0) is 6.54 Å². The fraction of sp³-hybridized carbons (Fsp3) is 0.278. The number of carbonyl (C=O) groups excluding carboxylic acids is 1. The number of nitrogens with two attached hydrogens (primary N) is 1. The average molecular weight is 367 g/mol. The highest BCUT2D eigenvalue weighted by atomic mass is 35.5. The zero-order valence-electron chi connectivity index (χ0n) is 14.3. The smallest absolute Gasteiger partial charge is 0.251 e. The summed E-state index contributed by atoms with van der Waals surface area (Å²) in [5.74, 6) is 1.76. The van der Waals surface area contributed by atoms with E-state index in [0.717, 1.165) is 5.56 Å². The van der Waals surface area contributed by atoms with Gasteiger partial charge in [0.2, 0.25) is 0 Å². The van der Waals surface area contributed by atoms with Gasteiger partial charge in [-0.3, -0.25) is 4.79 Å². The Labute approximate surface area is 153 Å². The molecule has 6 nitrogen and oxygen atoms in total. The van der Waals surface area contributed by atoms with Gasteiger partial charge < -0.3 is 25.3 Å². The van der Waals surface area contributed by atoms with Crippen molar-refractivity contribution in [1.29, 1.82) is 0 Å². The topological polar surface area (TPSA) is 82.8 Å². The maximum absolute atomic E-state index is 12.0. The predicted octanol–water partition coefficient (Wildman–Crippen LogP) is 2.39. The van der Waals surface area contributed by atoms with Gasteiger partial charge in [-0.2, -0.15) is 0 Å². The van der Waals surface area contributed by atoms with Gasteiger partial charge in [-0.25, -0.2) is 0 Å². The van der Waals surface area contributed by atoms with Gasteiger partial charge in [0.25, 0.3) is 5.91 Å². The lowest BCUT2D eigenvalue weighted by Crippen LogP contribution is -2.28. The van der Waals surface area contributed by atoms with Gasteiger partial charge in [0.1, 0.15) is 23.9 Å². The fourth-order valence-electron chi connectivity index (χ4n) is 2.09. The lowest BCUT2D eigenvalue weighted by molar-refractivity contribution is 0.0947. The SMILES string of the molecule is COc1cc(OC)cc(OCCNC(=O)c2ccc(CN)cc2)c1.Cl. The number of halogens is 1. The first-order valence-corrected chi connectivity index (χ1v) is 7.59. The summed E-state index contributed by atoms with van der Waals surface area (Å²) >= 11 is 0. The highest BCUT2D eigenvalue weighted by Crippen LogP contribution is 2.27. The molecule has 7 heteroatoms. The van der Waals surface area contributed by atoms with Gasteiger partial charge in [-0.15, -0.1) is 12.4 Å². The minimum absolute atomic E-state index is 0. The Morgan fingerprint density at radius 3 is 2.08 bits per heavy atom. The number of hydrogen-bond acceptors (Lipinski definition) is 5. The summed E-state index contributed by atoms with van der Waals surface area (Å²) in [4.78, 5) is 12.0. The van der Waals surface area contributed by atoms with E-state index in [4.69, 9.17) is 19.9 Å². The van der Waals surface area contributed by atoms with Crippen LogP contribution in [0.1, 0.15) is 15.9 Å². The van der Waals surface area contributed by atoms with Crippen molar-refractivity contribution in [3.8, 4) is 17.2 Å². The maximum atomic E-state index is 12.0. The van der Waals surface area contributed by atoms with E-state index in [1.165, 1.54) is 0 Å². The van der Waals surface area contributed by atoms with Crippen LogP contribution in [0.5, 0.6) is 17.2 Å². The molecule has 0 aliphatic rings. The molecule has 2 aromatic rings. The van der Waals surface area contributed by atoms with E-state index in [2.05, 4.69) is 5.32 Å². The van der Waals surface area contributed by atoms with Gasteiger partial charge in [-0.05, 0) is 17.7 Å². The van der Waals surface area contributed by atoms with E-state index in [9.17, 15) is 4.79 Å². The van der Waals surface area contributed by atoms with Crippen molar-refractivity contribution in [2.24, 2.45) is 5.73 Å². The normalized spacial score (nSPS) is 9.72. The summed E-state index contributed by atoms with van der Waals surface area (Å²) in [6.45, 7) is 1.18. The molecule has 3 N–H and O–H groups in total. The summed E-state index contributed by atoms with van der Waals surface area (Å²) in [5, 5.41) is 2.81. The van der Waals surface area contributed by atoms with E-state index < -0.39 is 0 Å². The molecule has 2 aromatic carbocycles. The molecule has 0 bridgehead atoms. The number of hydrogen-bond donors (Lipinski definition) is 2. The zero-order valence-corrected chi connectivity index (χ0v) is 15.1. The van der Waals surface area contributed by atoms with E-state index in [0.29, 0.717) is 42.5 Å². The fourth-order valence-corrected chi connectivity index (χ4v) is 2.09. The lowest BCUT2D eigenvalue weighted by Gasteiger charge is -2.11. The molecule has 1 amide bonds. The van der Waals surface area contributed by atoms with Crippen LogP contribution < -0.4 is 25.3 Å². The van der Waals surface area contributed by atoms with Gasteiger partial charge in [0, 0.05) is 30.3 Å². The third-order valence-corrected chi connectivity index (χ3v) is 3.43. The number of benzene rings is 2. The summed E-state index contributed by atoms with van der Waals surface area (Å²) in [5.41, 5.74) is 7.12. The largest absolute Gasteiger partial charge is 0.496 e. The molecule has 2 rings (SSSR count). The minimum Gasteiger partial charge on any atom is -0.496 e.